The minimum atomic E-state index is -1.34. The van der Waals surface area contributed by atoms with Crippen molar-refractivity contribution in [3.8, 4) is 0 Å². The van der Waals surface area contributed by atoms with Crippen LogP contribution in [0.2, 0.25) is 0 Å². The number of carbonyl (C=O) groups excluding carboxylic acids is 3. The number of aliphatic hydroxyl groups is 1. The van der Waals surface area contributed by atoms with Crippen LogP contribution in [0.4, 0.5) is 0 Å². The van der Waals surface area contributed by atoms with E-state index < -0.39 is 69.2 Å². The number of hydrogen-bond donors (Lipinski definition) is 1. The number of cyclic esters (lactones) is 2. The molecular formula is C43H58N2O9. The van der Waals surface area contributed by atoms with E-state index in [4.69, 9.17) is 23.7 Å². The lowest BCUT2D eigenvalue weighted by Crippen LogP contribution is -2.80. The van der Waals surface area contributed by atoms with Crippen molar-refractivity contribution >= 4 is 29.8 Å². The molecule has 4 saturated heterocycles. The van der Waals surface area contributed by atoms with Gasteiger partial charge in [0.15, 0.2) is 11.9 Å². The Morgan fingerprint density at radius 1 is 0.907 bits per heavy atom. The molecule has 10 rings (SSSR count). The monoisotopic (exact) mass is 746 g/mol. The third-order valence-electron chi connectivity index (χ3n) is 16.9. The number of carbonyl (C=O) groups is 3. The number of rotatable bonds is 9. The van der Waals surface area contributed by atoms with Gasteiger partial charge >= 0.3 is 11.9 Å². The van der Waals surface area contributed by atoms with Gasteiger partial charge in [-0.25, -0.2) is 9.79 Å². The van der Waals surface area contributed by atoms with Crippen molar-refractivity contribution in [2.75, 3.05) is 19.8 Å². The number of ether oxygens (including phenoxy) is 5. The fraction of sp³-hybridized carbons (Fsp3) is 0.837. The summed E-state index contributed by atoms with van der Waals surface area (Å²) in [5.41, 5.74) is -3.28. The first-order chi connectivity index (χ1) is 26.0. The number of ketones is 1. The highest BCUT2D eigenvalue weighted by Gasteiger charge is 2.93. The minimum absolute atomic E-state index is 0.0409. The highest BCUT2D eigenvalue weighted by atomic mass is 16.7. The summed E-state index contributed by atoms with van der Waals surface area (Å²) in [7, 11) is 0. The Morgan fingerprint density at radius 2 is 1.69 bits per heavy atom. The van der Waals surface area contributed by atoms with Gasteiger partial charge in [-0.3, -0.25) is 14.6 Å². The molecule has 6 heterocycles. The molecule has 4 aliphatic carbocycles. The van der Waals surface area contributed by atoms with Crippen LogP contribution in [0, 0.1) is 39.4 Å². The van der Waals surface area contributed by atoms with Crippen LogP contribution in [0.5, 0.6) is 0 Å². The molecule has 294 valence electrons. The van der Waals surface area contributed by atoms with Crippen molar-refractivity contribution in [3.63, 3.8) is 0 Å². The van der Waals surface area contributed by atoms with E-state index in [1.54, 1.807) is 6.34 Å². The molecule has 54 heavy (non-hydrogen) atoms. The smallest absolute Gasteiger partial charge is 0.339 e. The van der Waals surface area contributed by atoms with Crippen LogP contribution in [-0.4, -0.2) is 96.4 Å². The Balaban J connectivity index is 1.02. The largest absolute Gasteiger partial charge is 0.464 e. The summed E-state index contributed by atoms with van der Waals surface area (Å²) in [5.74, 6) is -1.76. The number of nitrogens with zero attached hydrogens (tertiary/aromatic N) is 2. The van der Waals surface area contributed by atoms with E-state index >= 15 is 4.79 Å². The third kappa shape index (κ3) is 4.36. The Bertz CT molecular complexity index is 1710. The van der Waals surface area contributed by atoms with Crippen molar-refractivity contribution in [3.05, 3.63) is 11.6 Å². The highest BCUT2D eigenvalue weighted by Crippen LogP contribution is 2.82. The lowest BCUT2D eigenvalue weighted by Gasteiger charge is -2.70. The number of unbranched alkanes of at least 4 members (excludes halogenated alkanes) is 3. The topological polar surface area (TPSA) is 146 Å². The maximum Gasteiger partial charge on any atom is 0.339 e. The summed E-state index contributed by atoms with van der Waals surface area (Å²) in [6.45, 7) is 7.43. The van der Waals surface area contributed by atoms with Crippen LogP contribution in [-0.2, 0) is 38.1 Å². The molecule has 0 amide bonds. The molecule has 11 heteroatoms. The summed E-state index contributed by atoms with van der Waals surface area (Å²) in [6.07, 6.45) is 14.6. The van der Waals surface area contributed by atoms with Gasteiger partial charge < -0.3 is 28.8 Å². The SMILES string of the molecule is CC1(C)O[C@H]2C3(CCCC3)C(=O)OC[C@@]23[C@@H]1C(=O)[C@@H](O)[C@]1(C2CCCC2)[C@@H]3CC[C@@]2(C)[C@H](C3=CCOC3CCCCCCC3=NC=NC3)OC(=O)[C@H]3O[C@@]312. The van der Waals surface area contributed by atoms with Crippen molar-refractivity contribution < 1.29 is 43.2 Å². The average Bonchev–Trinajstić information content (AvgIpc) is 3.83. The Labute approximate surface area is 318 Å². The summed E-state index contributed by atoms with van der Waals surface area (Å²) >= 11 is 0. The molecule has 3 spiro atoms. The molecular weight excluding hydrogens is 688 g/mol. The fourth-order valence-corrected chi connectivity index (χ4v) is 15.1. The van der Waals surface area contributed by atoms with Crippen molar-refractivity contribution in [2.24, 2.45) is 49.4 Å². The molecule has 11 nitrogen and oxygen atoms in total. The van der Waals surface area contributed by atoms with E-state index in [0.717, 1.165) is 94.9 Å². The van der Waals surface area contributed by atoms with Crippen molar-refractivity contribution in [2.45, 2.75) is 165 Å². The van der Waals surface area contributed by atoms with E-state index in [1.165, 1.54) is 0 Å². The van der Waals surface area contributed by atoms with Gasteiger partial charge in [0.25, 0.3) is 0 Å². The quantitative estimate of drug-likeness (QED) is 0.137. The molecule has 10 aliphatic rings. The number of fused-ring (bicyclic) bond motifs is 2. The number of aliphatic hydroxyl groups excluding tert-OH is 1. The predicted octanol–water partition coefficient (Wildman–Crippen LogP) is 5.63. The fourth-order valence-electron chi connectivity index (χ4n) is 15.1. The second kappa shape index (κ2) is 12.3. The van der Waals surface area contributed by atoms with Gasteiger partial charge in [0.2, 0.25) is 0 Å². The molecule has 1 N–H and O–H groups in total. The molecule has 11 atom stereocenters. The van der Waals surface area contributed by atoms with Gasteiger partial charge in [-0.15, -0.1) is 0 Å². The highest BCUT2D eigenvalue weighted by molar-refractivity contribution is 5.96. The number of epoxide rings is 1. The first kappa shape index (κ1) is 35.9. The molecule has 0 bridgehead atoms. The second-order valence-electron chi connectivity index (χ2n) is 19.5. The first-order valence-corrected chi connectivity index (χ1v) is 21.3. The molecule has 0 aromatic carbocycles. The van der Waals surface area contributed by atoms with Crippen LogP contribution in [0.25, 0.3) is 0 Å². The molecule has 4 saturated carbocycles. The Hall–Kier alpha value is -2.47. The molecule has 0 radical (unpaired) electrons. The van der Waals surface area contributed by atoms with Crippen molar-refractivity contribution in [1.29, 1.82) is 0 Å². The van der Waals surface area contributed by atoms with Crippen LogP contribution < -0.4 is 0 Å². The maximum atomic E-state index is 15.4. The zero-order valence-corrected chi connectivity index (χ0v) is 32.3. The van der Waals surface area contributed by atoms with Gasteiger partial charge in [0, 0.05) is 22.0 Å². The molecule has 8 fully saturated rings. The number of aliphatic imine (C=N–C) groups is 2. The third-order valence-corrected chi connectivity index (χ3v) is 16.9. The van der Waals surface area contributed by atoms with E-state index in [0.29, 0.717) is 32.3 Å². The summed E-state index contributed by atoms with van der Waals surface area (Å²) < 4.78 is 33.3. The standard InChI is InChI=1S/C43H58N2O9/c1-38(2)31-30(46)32(47)42(25-12-8-9-13-25)29(41(31)23-51-37(49)40(36(41)54-38)18-10-11-19-40)16-20-39(3)33(52-35(48)34-43(39,42)53-34)27-17-21-50-28(27)15-7-5-4-6-14-26-22-44-24-45-26/h17,24-25,28-29,31-34,36,47H,4-16,18-23H2,1-3H3/t28?,29-,31-,32-,33+,34-,36+,39+,41-,42+,43-/m1/s1. The molecule has 1 unspecified atom stereocenters. The normalized spacial score (nSPS) is 46.7. The molecule has 6 aliphatic heterocycles. The number of esters is 2. The van der Waals surface area contributed by atoms with E-state index in [1.807, 2.05) is 13.8 Å². The zero-order valence-electron chi connectivity index (χ0n) is 32.3. The summed E-state index contributed by atoms with van der Waals surface area (Å²) in [5, 5.41) is 13.1. The molecule has 0 aromatic heterocycles. The van der Waals surface area contributed by atoms with Gasteiger partial charge in [0.1, 0.15) is 30.8 Å². The summed E-state index contributed by atoms with van der Waals surface area (Å²) in [6, 6.07) is 0. The maximum absolute atomic E-state index is 15.4. The zero-order chi connectivity index (χ0) is 37.3. The number of Topliss-reactive ketones (excluding diaryl/α,β-unsaturated/α-hetero) is 1. The van der Waals surface area contributed by atoms with Gasteiger partial charge in [-0.1, -0.05) is 57.9 Å². The van der Waals surface area contributed by atoms with E-state index in [2.05, 4.69) is 23.0 Å². The first-order valence-electron chi connectivity index (χ1n) is 21.3. The van der Waals surface area contributed by atoms with Crippen LogP contribution >= 0.6 is 0 Å². The Morgan fingerprint density at radius 3 is 2.44 bits per heavy atom. The van der Waals surface area contributed by atoms with Crippen LogP contribution in [0.1, 0.15) is 124 Å². The lowest BCUT2D eigenvalue weighted by atomic mass is 9.32. The van der Waals surface area contributed by atoms with Gasteiger partial charge in [0.05, 0.1) is 42.3 Å². The van der Waals surface area contributed by atoms with Crippen molar-refractivity contribution in [1.82, 2.24) is 0 Å². The molecule has 0 aromatic rings. The van der Waals surface area contributed by atoms with E-state index in [-0.39, 0.29) is 36.3 Å². The second-order valence-corrected chi connectivity index (χ2v) is 19.5. The summed E-state index contributed by atoms with van der Waals surface area (Å²) in [4.78, 5) is 52.2. The van der Waals surface area contributed by atoms with E-state index in [9.17, 15) is 14.7 Å². The Kier molecular flexibility index (Phi) is 8.16. The minimum Gasteiger partial charge on any atom is -0.464 e. The van der Waals surface area contributed by atoms with Crippen LogP contribution in [0.15, 0.2) is 21.6 Å². The van der Waals surface area contributed by atoms with Gasteiger partial charge in [-0.2, -0.15) is 0 Å². The lowest BCUT2D eigenvalue weighted by molar-refractivity contribution is -0.279. The average molecular weight is 747 g/mol. The number of hydrogen-bond acceptors (Lipinski definition) is 11. The predicted molar refractivity (Wildman–Crippen MR) is 197 cm³/mol. The van der Waals surface area contributed by atoms with Gasteiger partial charge in [-0.05, 0) is 89.0 Å². The van der Waals surface area contributed by atoms with Crippen LogP contribution in [0.3, 0.4) is 0 Å².